The van der Waals surface area contributed by atoms with Gasteiger partial charge in [0.2, 0.25) is 0 Å². The van der Waals surface area contributed by atoms with Crippen molar-refractivity contribution in [2.75, 3.05) is 18.5 Å². The van der Waals surface area contributed by atoms with Crippen molar-refractivity contribution < 1.29 is 4.74 Å². The van der Waals surface area contributed by atoms with E-state index in [2.05, 4.69) is 41.3 Å². The molecule has 2 aromatic rings. The first-order valence-electron chi connectivity index (χ1n) is 7.05. The van der Waals surface area contributed by atoms with E-state index in [1.165, 1.54) is 11.9 Å². The van der Waals surface area contributed by atoms with Gasteiger partial charge in [0.25, 0.3) is 0 Å². The number of aryl methyl sites for hydroxylation is 2. The molecule has 112 valence electrons. The molecule has 5 heteroatoms. The summed E-state index contributed by atoms with van der Waals surface area (Å²) >= 11 is 6.05. The summed E-state index contributed by atoms with van der Waals surface area (Å²) in [6.07, 6.45) is 2.26. The summed E-state index contributed by atoms with van der Waals surface area (Å²) < 4.78 is 5.78. The average Bonchev–Trinajstić information content (AvgIpc) is 2.45. The number of benzene rings is 1. The Morgan fingerprint density at radius 1 is 1.24 bits per heavy atom. The molecule has 0 atom stereocenters. The maximum Gasteiger partial charge on any atom is 0.137 e. The second kappa shape index (κ2) is 7.27. The minimum atomic E-state index is 0.505. The SMILES string of the molecule is CCc1c(Cl)ncnc1NCCOc1ccc(C)cc1C. The lowest BCUT2D eigenvalue weighted by atomic mass is 10.1. The van der Waals surface area contributed by atoms with Crippen LogP contribution in [-0.4, -0.2) is 23.1 Å². The molecular weight excluding hydrogens is 286 g/mol. The van der Waals surface area contributed by atoms with Crippen molar-refractivity contribution in [2.45, 2.75) is 27.2 Å². The van der Waals surface area contributed by atoms with Gasteiger partial charge in [-0.2, -0.15) is 0 Å². The lowest BCUT2D eigenvalue weighted by Gasteiger charge is -2.12. The van der Waals surface area contributed by atoms with Crippen LogP contribution in [0.5, 0.6) is 5.75 Å². The first kappa shape index (κ1) is 15.6. The number of halogens is 1. The highest BCUT2D eigenvalue weighted by atomic mass is 35.5. The lowest BCUT2D eigenvalue weighted by molar-refractivity contribution is 0.330. The fourth-order valence-electron chi connectivity index (χ4n) is 2.15. The molecular formula is C16H20ClN3O. The zero-order valence-electron chi connectivity index (χ0n) is 12.6. The molecule has 1 aromatic heterocycles. The van der Waals surface area contributed by atoms with Crippen LogP contribution in [0.15, 0.2) is 24.5 Å². The Hall–Kier alpha value is -1.81. The molecule has 0 radical (unpaired) electrons. The van der Waals surface area contributed by atoms with Crippen LogP contribution in [-0.2, 0) is 6.42 Å². The van der Waals surface area contributed by atoms with Gasteiger partial charge in [-0.1, -0.05) is 36.2 Å². The van der Waals surface area contributed by atoms with Gasteiger partial charge in [-0.15, -0.1) is 0 Å². The highest BCUT2D eigenvalue weighted by Gasteiger charge is 2.07. The van der Waals surface area contributed by atoms with E-state index >= 15 is 0 Å². The van der Waals surface area contributed by atoms with Gasteiger partial charge in [0.05, 0.1) is 6.54 Å². The summed E-state index contributed by atoms with van der Waals surface area (Å²) in [5.74, 6) is 1.69. The molecule has 0 aliphatic heterocycles. The van der Waals surface area contributed by atoms with Gasteiger partial charge in [-0.25, -0.2) is 9.97 Å². The monoisotopic (exact) mass is 305 g/mol. The van der Waals surface area contributed by atoms with Crippen LogP contribution in [0.25, 0.3) is 0 Å². The summed E-state index contributed by atoms with van der Waals surface area (Å²) in [5, 5.41) is 3.75. The van der Waals surface area contributed by atoms with Gasteiger partial charge in [-0.3, -0.25) is 0 Å². The molecule has 0 spiro atoms. The number of rotatable bonds is 6. The van der Waals surface area contributed by atoms with Crippen LogP contribution >= 0.6 is 11.6 Å². The Balaban J connectivity index is 1.89. The van der Waals surface area contributed by atoms with Gasteiger partial charge in [0, 0.05) is 5.56 Å². The normalized spacial score (nSPS) is 10.5. The third-order valence-electron chi connectivity index (χ3n) is 3.23. The van der Waals surface area contributed by atoms with Gasteiger partial charge in [0.1, 0.15) is 29.7 Å². The molecule has 0 saturated heterocycles. The Bertz CT molecular complexity index is 616. The van der Waals surface area contributed by atoms with Crippen LogP contribution in [0.1, 0.15) is 23.6 Å². The number of nitrogens with one attached hydrogen (secondary N) is 1. The lowest BCUT2D eigenvalue weighted by Crippen LogP contribution is -2.14. The van der Waals surface area contributed by atoms with Gasteiger partial charge in [-0.05, 0) is 31.9 Å². The van der Waals surface area contributed by atoms with E-state index in [-0.39, 0.29) is 0 Å². The first-order valence-corrected chi connectivity index (χ1v) is 7.43. The van der Waals surface area contributed by atoms with E-state index in [9.17, 15) is 0 Å². The summed E-state index contributed by atoms with van der Waals surface area (Å²) in [5.41, 5.74) is 3.32. The minimum Gasteiger partial charge on any atom is -0.491 e. The Morgan fingerprint density at radius 2 is 2.05 bits per heavy atom. The smallest absolute Gasteiger partial charge is 0.137 e. The van der Waals surface area contributed by atoms with Crippen molar-refractivity contribution in [3.8, 4) is 5.75 Å². The van der Waals surface area contributed by atoms with Gasteiger partial charge >= 0.3 is 0 Å². The van der Waals surface area contributed by atoms with Crippen molar-refractivity contribution in [1.82, 2.24) is 9.97 Å². The first-order chi connectivity index (χ1) is 10.1. The van der Waals surface area contributed by atoms with Crippen LogP contribution in [0, 0.1) is 13.8 Å². The molecule has 2 rings (SSSR count). The van der Waals surface area contributed by atoms with Crippen LogP contribution in [0.3, 0.4) is 0 Å². The molecule has 1 aromatic carbocycles. The quantitative estimate of drug-likeness (QED) is 0.651. The summed E-state index contributed by atoms with van der Waals surface area (Å²) in [7, 11) is 0. The maximum atomic E-state index is 6.05. The summed E-state index contributed by atoms with van der Waals surface area (Å²) in [6.45, 7) is 7.38. The second-order valence-corrected chi connectivity index (χ2v) is 5.25. The average molecular weight is 306 g/mol. The zero-order valence-corrected chi connectivity index (χ0v) is 13.4. The Kier molecular flexibility index (Phi) is 5.39. The van der Waals surface area contributed by atoms with Crippen LogP contribution in [0.4, 0.5) is 5.82 Å². The number of nitrogens with zero attached hydrogens (tertiary/aromatic N) is 2. The fourth-order valence-corrected chi connectivity index (χ4v) is 2.41. The number of aromatic nitrogens is 2. The van der Waals surface area contributed by atoms with Gasteiger partial charge < -0.3 is 10.1 Å². The summed E-state index contributed by atoms with van der Waals surface area (Å²) in [6, 6.07) is 6.17. The second-order valence-electron chi connectivity index (χ2n) is 4.89. The van der Waals surface area contributed by atoms with Crippen molar-refractivity contribution in [3.63, 3.8) is 0 Å². The number of ether oxygens (including phenoxy) is 1. The minimum absolute atomic E-state index is 0.505. The Labute approximate surface area is 130 Å². The van der Waals surface area contributed by atoms with E-state index < -0.39 is 0 Å². The highest BCUT2D eigenvalue weighted by Crippen LogP contribution is 2.20. The molecule has 0 aliphatic rings. The number of anilines is 1. The zero-order chi connectivity index (χ0) is 15.2. The number of hydrogen-bond acceptors (Lipinski definition) is 4. The van der Waals surface area contributed by atoms with E-state index in [0.717, 1.165) is 29.1 Å². The number of hydrogen-bond donors (Lipinski definition) is 1. The molecule has 0 fully saturated rings. The largest absolute Gasteiger partial charge is 0.491 e. The topological polar surface area (TPSA) is 47.0 Å². The Morgan fingerprint density at radius 3 is 2.76 bits per heavy atom. The van der Waals surface area contributed by atoms with Crippen molar-refractivity contribution >= 4 is 17.4 Å². The third-order valence-corrected chi connectivity index (χ3v) is 3.55. The third kappa shape index (κ3) is 4.08. The molecule has 0 aliphatic carbocycles. The van der Waals surface area contributed by atoms with Crippen LogP contribution < -0.4 is 10.1 Å². The molecule has 1 N–H and O–H groups in total. The molecule has 0 amide bonds. The van der Waals surface area contributed by atoms with E-state index in [1.54, 1.807) is 0 Å². The van der Waals surface area contributed by atoms with E-state index in [1.807, 2.05) is 13.0 Å². The molecule has 0 unspecified atom stereocenters. The molecule has 4 nitrogen and oxygen atoms in total. The molecule has 1 heterocycles. The molecule has 0 saturated carbocycles. The highest BCUT2D eigenvalue weighted by molar-refractivity contribution is 6.30. The molecule has 21 heavy (non-hydrogen) atoms. The van der Waals surface area contributed by atoms with Crippen LogP contribution in [0.2, 0.25) is 5.15 Å². The van der Waals surface area contributed by atoms with E-state index in [4.69, 9.17) is 16.3 Å². The van der Waals surface area contributed by atoms with E-state index in [0.29, 0.717) is 18.3 Å². The molecule has 0 bridgehead atoms. The maximum absolute atomic E-state index is 6.05. The predicted octanol–water partition coefficient (Wildman–Crippen LogP) is 3.80. The predicted molar refractivity (Wildman–Crippen MR) is 86.3 cm³/mol. The fraction of sp³-hybridized carbons (Fsp3) is 0.375. The van der Waals surface area contributed by atoms with Gasteiger partial charge in [0.15, 0.2) is 0 Å². The summed E-state index contributed by atoms with van der Waals surface area (Å²) in [4.78, 5) is 8.21. The standard InChI is InChI=1S/C16H20ClN3O/c1-4-13-15(17)19-10-20-16(13)18-7-8-21-14-6-5-11(2)9-12(14)3/h5-6,9-10H,4,7-8H2,1-3H3,(H,18,19,20). The van der Waals surface area contributed by atoms with Crippen molar-refractivity contribution in [3.05, 3.63) is 46.4 Å². The van der Waals surface area contributed by atoms with Crippen molar-refractivity contribution in [2.24, 2.45) is 0 Å². The van der Waals surface area contributed by atoms with Crippen molar-refractivity contribution in [1.29, 1.82) is 0 Å².